The van der Waals surface area contributed by atoms with E-state index < -0.39 is 23.9 Å². The number of benzene rings is 4. The lowest BCUT2D eigenvalue weighted by Crippen LogP contribution is -2.08. The van der Waals surface area contributed by atoms with Gasteiger partial charge in [0.15, 0.2) is 0 Å². The number of aromatic carboxylic acids is 4. The number of rotatable bonds is 5. The maximum absolute atomic E-state index is 11.1. The summed E-state index contributed by atoms with van der Waals surface area (Å²) in [5, 5.41) is 37.3. The average Bonchev–Trinajstić information content (AvgIpc) is 2.83. The lowest BCUT2D eigenvalue weighted by Gasteiger charge is -2.08. The second-order valence-corrected chi connectivity index (χ2v) is 7.02. The number of carboxylic acids is 4. The van der Waals surface area contributed by atoms with Gasteiger partial charge >= 0.3 is 23.9 Å². The lowest BCUT2D eigenvalue weighted by atomic mass is 9.95. The number of fused-ring (bicyclic) bond motifs is 1. The highest BCUT2D eigenvalue weighted by Crippen LogP contribution is 2.27. The topological polar surface area (TPSA) is 149 Å². The smallest absolute Gasteiger partial charge is 0.337 e. The zero-order valence-corrected chi connectivity index (χ0v) is 17.5. The number of carboxylic acid groups (broad SMARTS) is 4. The molecule has 0 atom stereocenters. The molecular weight excluding hydrogens is 440 g/mol. The molecule has 0 aliphatic heterocycles. The van der Waals surface area contributed by atoms with Crippen LogP contribution in [0.3, 0.4) is 0 Å². The van der Waals surface area contributed by atoms with Gasteiger partial charge < -0.3 is 20.4 Å². The SMILES string of the molecule is O=C(O)c1ccc2ccccc2c1C(=O)O.O=C(O)c1ccccc1-c1ccccc1C(=O)O. The standard InChI is InChI=1S/C14H10O4.C12H8O4/c15-13(16)11-7-3-1-5-9(11)10-6-2-4-8-12(10)14(17)18;13-11(14)9-6-5-7-3-1-2-4-8(7)10(9)12(15)16/h1-8H,(H,15,16)(H,17,18);1-6H,(H,13,14)(H,15,16). The molecule has 8 nitrogen and oxygen atoms in total. The minimum absolute atomic E-state index is 0.0891. The largest absolute Gasteiger partial charge is 0.478 e. The third kappa shape index (κ3) is 4.91. The Balaban J connectivity index is 0.000000192. The van der Waals surface area contributed by atoms with E-state index >= 15 is 0 Å². The molecule has 0 fully saturated rings. The highest BCUT2D eigenvalue weighted by molar-refractivity contribution is 6.11. The van der Waals surface area contributed by atoms with Crippen molar-refractivity contribution in [2.45, 2.75) is 0 Å². The molecule has 0 saturated carbocycles. The van der Waals surface area contributed by atoms with Gasteiger partial charge in [-0.25, -0.2) is 19.2 Å². The Morgan fingerprint density at radius 2 is 0.882 bits per heavy atom. The van der Waals surface area contributed by atoms with Gasteiger partial charge in [0, 0.05) is 0 Å². The van der Waals surface area contributed by atoms with E-state index in [4.69, 9.17) is 20.4 Å². The zero-order valence-electron chi connectivity index (χ0n) is 17.5. The van der Waals surface area contributed by atoms with Crippen LogP contribution < -0.4 is 0 Å². The molecule has 4 N–H and O–H groups in total. The van der Waals surface area contributed by atoms with Gasteiger partial charge in [-0.05, 0) is 40.1 Å². The first-order valence-corrected chi connectivity index (χ1v) is 9.85. The summed E-state index contributed by atoms with van der Waals surface area (Å²) in [7, 11) is 0. The fourth-order valence-electron chi connectivity index (χ4n) is 3.49. The minimum Gasteiger partial charge on any atom is -0.478 e. The zero-order chi connectivity index (χ0) is 24.8. The van der Waals surface area contributed by atoms with Crippen LogP contribution in [0, 0.1) is 0 Å². The number of hydrogen-bond acceptors (Lipinski definition) is 4. The van der Waals surface area contributed by atoms with Crippen molar-refractivity contribution in [2.24, 2.45) is 0 Å². The van der Waals surface area contributed by atoms with Crippen LogP contribution in [0.25, 0.3) is 21.9 Å². The molecule has 0 aliphatic carbocycles. The molecule has 0 saturated heterocycles. The molecule has 4 rings (SSSR count). The molecule has 0 aromatic heterocycles. The molecule has 0 unspecified atom stereocenters. The molecule has 4 aromatic rings. The summed E-state index contributed by atoms with van der Waals surface area (Å²) in [6, 6.07) is 22.4. The average molecular weight is 458 g/mol. The molecule has 170 valence electrons. The summed E-state index contributed by atoms with van der Waals surface area (Å²) in [4.78, 5) is 44.2. The fraction of sp³-hybridized carbons (Fsp3) is 0. The summed E-state index contributed by atoms with van der Waals surface area (Å²) >= 11 is 0. The Morgan fingerprint density at radius 3 is 1.35 bits per heavy atom. The van der Waals surface area contributed by atoms with Crippen molar-refractivity contribution in [3.63, 3.8) is 0 Å². The molecule has 0 spiro atoms. The van der Waals surface area contributed by atoms with Gasteiger partial charge in [0.05, 0.1) is 22.3 Å². The molecule has 4 aromatic carbocycles. The van der Waals surface area contributed by atoms with Crippen molar-refractivity contribution in [3.8, 4) is 11.1 Å². The summed E-state index contributed by atoms with van der Waals surface area (Å²) in [6.07, 6.45) is 0. The van der Waals surface area contributed by atoms with Crippen LogP contribution in [0.2, 0.25) is 0 Å². The molecule has 8 heteroatoms. The van der Waals surface area contributed by atoms with Crippen molar-refractivity contribution in [1.29, 1.82) is 0 Å². The van der Waals surface area contributed by atoms with Crippen LogP contribution in [0.5, 0.6) is 0 Å². The van der Waals surface area contributed by atoms with E-state index in [2.05, 4.69) is 0 Å². The summed E-state index contributed by atoms with van der Waals surface area (Å²) in [5.74, 6) is -4.62. The van der Waals surface area contributed by atoms with Gasteiger partial charge in [0.2, 0.25) is 0 Å². The van der Waals surface area contributed by atoms with Crippen molar-refractivity contribution >= 4 is 34.6 Å². The van der Waals surface area contributed by atoms with E-state index in [0.717, 1.165) is 0 Å². The number of carbonyl (C=O) groups is 4. The molecule has 0 aliphatic rings. The van der Waals surface area contributed by atoms with Gasteiger partial charge in [0.25, 0.3) is 0 Å². The van der Waals surface area contributed by atoms with Crippen LogP contribution in [0.15, 0.2) is 84.9 Å². The number of hydrogen-bond donors (Lipinski definition) is 4. The van der Waals surface area contributed by atoms with E-state index in [9.17, 15) is 19.2 Å². The van der Waals surface area contributed by atoms with Gasteiger partial charge in [-0.2, -0.15) is 0 Å². The second kappa shape index (κ2) is 10.1. The van der Waals surface area contributed by atoms with E-state index in [1.54, 1.807) is 66.7 Å². The van der Waals surface area contributed by atoms with Crippen molar-refractivity contribution in [3.05, 3.63) is 107 Å². The lowest BCUT2D eigenvalue weighted by molar-refractivity contribution is 0.0653. The first-order valence-electron chi connectivity index (χ1n) is 9.85. The van der Waals surface area contributed by atoms with Gasteiger partial charge in [0.1, 0.15) is 0 Å². The first kappa shape index (κ1) is 23.7. The van der Waals surface area contributed by atoms with Crippen LogP contribution >= 0.6 is 0 Å². The van der Waals surface area contributed by atoms with Crippen LogP contribution in [-0.2, 0) is 0 Å². The quantitative estimate of drug-likeness (QED) is 0.327. The van der Waals surface area contributed by atoms with Crippen molar-refractivity contribution < 1.29 is 39.6 Å². The molecule has 0 amide bonds. The molecule has 0 heterocycles. The highest BCUT2D eigenvalue weighted by atomic mass is 16.4. The Bertz CT molecular complexity index is 1370. The molecule has 0 bridgehead atoms. The molecular formula is C26H18O8. The van der Waals surface area contributed by atoms with Gasteiger partial charge in [-0.3, -0.25) is 0 Å². The third-order valence-electron chi connectivity index (χ3n) is 4.98. The molecule has 34 heavy (non-hydrogen) atoms. The fourth-order valence-corrected chi connectivity index (χ4v) is 3.49. The van der Waals surface area contributed by atoms with Crippen LogP contribution in [-0.4, -0.2) is 44.3 Å². The van der Waals surface area contributed by atoms with Crippen LogP contribution in [0.4, 0.5) is 0 Å². The third-order valence-corrected chi connectivity index (χ3v) is 4.98. The summed E-state index contributed by atoms with van der Waals surface area (Å²) in [5.41, 5.74) is 0.639. The Kier molecular flexibility index (Phi) is 7.03. The van der Waals surface area contributed by atoms with E-state index in [1.807, 2.05) is 0 Å². The predicted octanol–water partition coefficient (Wildman–Crippen LogP) is 4.99. The maximum atomic E-state index is 11.1. The monoisotopic (exact) mass is 458 g/mol. The van der Waals surface area contributed by atoms with Crippen molar-refractivity contribution in [2.75, 3.05) is 0 Å². The van der Waals surface area contributed by atoms with Gasteiger partial charge in [-0.1, -0.05) is 66.7 Å². The summed E-state index contributed by atoms with van der Waals surface area (Å²) in [6.45, 7) is 0. The van der Waals surface area contributed by atoms with E-state index in [1.165, 1.54) is 18.2 Å². The Labute approximate surface area is 193 Å². The van der Waals surface area contributed by atoms with E-state index in [-0.39, 0.29) is 22.3 Å². The Hall–Kier alpha value is -4.98. The van der Waals surface area contributed by atoms with Crippen molar-refractivity contribution in [1.82, 2.24) is 0 Å². The second-order valence-electron chi connectivity index (χ2n) is 7.02. The van der Waals surface area contributed by atoms with E-state index in [0.29, 0.717) is 21.9 Å². The first-order chi connectivity index (χ1) is 16.2. The minimum atomic E-state index is -1.23. The molecule has 0 radical (unpaired) electrons. The van der Waals surface area contributed by atoms with Gasteiger partial charge in [-0.15, -0.1) is 0 Å². The highest BCUT2D eigenvalue weighted by Gasteiger charge is 2.19. The van der Waals surface area contributed by atoms with Crippen LogP contribution in [0.1, 0.15) is 41.4 Å². The Morgan fingerprint density at radius 1 is 0.441 bits per heavy atom. The maximum Gasteiger partial charge on any atom is 0.337 e. The summed E-state index contributed by atoms with van der Waals surface area (Å²) < 4.78 is 0. The predicted molar refractivity (Wildman–Crippen MR) is 124 cm³/mol. The normalized spacial score (nSPS) is 10.1.